The number of carbonyl (C=O) groups excluding carboxylic acids is 1. The Morgan fingerprint density at radius 3 is 2.65 bits per heavy atom. The van der Waals surface area contributed by atoms with Crippen molar-refractivity contribution in [3.05, 3.63) is 65.0 Å². The Kier molecular flexibility index (Phi) is 6.37. The van der Waals surface area contributed by atoms with E-state index in [1.54, 1.807) is 13.0 Å². The van der Waals surface area contributed by atoms with Gasteiger partial charge in [-0.05, 0) is 56.5 Å². The van der Waals surface area contributed by atoms with Gasteiger partial charge in [0.2, 0.25) is 0 Å². The van der Waals surface area contributed by atoms with E-state index in [-0.39, 0.29) is 12.5 Å². The van der Waals surface area contributed by atoms with Crippen LogP contribution in [0.3, 0.4) is 0 Å². The van der Waals surface area contributed by atoms with Crippen LogP contribution in [0.25, 0.3) is 0 Å². The molecule has 0 saturated carbocycles. The molecule has 5 heteroatoms. The van der Waals surface area contributed by atoms with E-state index in [0.717, 1.165) is 42.8 Å². The molecule has 2 aromatic rings. The number of piperidine rings is 3. The summed E-state index contributed by atoms with van der Waals surface area (Å²) in [6.07, 6.45) is 2.57. The van der Waals surface area contributed by atoms with E-state index < -0.39 is 11.6 Å². The lowest BCUT2D eigenvalue weighted by molar-refractivity contribution is -0.136. The van der Waals surface area contributed by atoms with Crippen molar-refractivity contribution in [2.45, 2.75) is 31.8 Å². The molecule has 3 saturated heterocycles. The van der Waals surface area contributed by atoms with Gasteiger partial charge in [-0.15, -0.1) is 0 Å². The molecule has 0 radical (unpaired) electrons. The van der Waals surface area contributed by atoms with E-state index in [9.17, 15) is 9.90 Å². The van der Waals surface area contributed by atoms with Gasteiger partial charge in [-0.2, -0.15) is 0 Å². The zero-order valence-electron chi connectivity index (χ0n) is 17.7. The molecular formula is C26H26N2O3. The summed E-state index contributed by atoms with van der Waals surface area (Å²) in [5.74, 6) is 11.3. The van der Waals surface area contributed by atoms with Crippen LogP contribution in [0.15, 0.2) is 42.5 Å². The van der Waals surface area contributed by atoms with Gasteiger partial charge in [0.25, 0.3) is 0 Å². The summed E-state index contributed by atoms with van der Waals surface area (Å²) in [6, 6.07) is 13.7. The van der Waals surface area contributed by atoms with Gasteiger partial charge < -0.3 is 9.84 Å². The molecule has 1 atom stereocenters. The molecule has 0 amide bonds. The van der Waals surface area contributed by atoms with Crippen molar-refractivity contribution in [1.29, 1.82) is 0 Å². The van der Waals surface area contributed by atoms with Gasteiger partial charge in [-0.3, -0.25) is 4.90 Å². The first-order chi connectivity index (χ1) is 15.1. The highest BCUT2D eigenvalue weighted by molar-refractivity contribution is 5.89. The largest absolute Gasteiger partial charge is 0.456 e. The van der Waals surface area contributed by atoms with Crippen molar-refractivity contribution < 1.29 is 14.6 Å². The van der Waals surface area contributed by atoms with Crippen LogP contribution in [0.4, 0.5) is 0 Å². The summed E-state index contributed by atoms with van der Waals surface area (Å²) in [4.78, 5) is 18.5. The van der Waals surface area contributed by atoms with Crippen LogP contribution in [0.5, 0.6) is 0 Å². The molecule has 3 fully saturated rings. The van der Waals surface area contributed by atoms with Crippen molar-refractivity contribution in [1.82, 2.24) is 9.88 Å². The second kappa shape index (κ2) is 9.35. The molecule has 3 aliphatic heterocycles. The van der Waals surface area contributed by atoms with Crippen LogP contribution in [0.1, 0.15) is 42.3 Å². The second-order valence-electron chi connectivity index (χ2n) is 8.05. The molecule has 31 heavy (non-hydrogen) atoms. The molecule has 158 valence electrons. The molecule has 1 aromatic heterocycles. The van der Waals surface area contributed by atoms with Gasteiger partial charge in [-0.25, -0.2) is 9.78 Å². The Labute approximate surface area is 183 Å². The third kappa shape index (κ3) is 5.14. The number of rotatable bonds is 3. The molecule has 0 spiro atoms. The number of nitrogens with zero attached hydrogens (tertiary/aromatic N) is 2. The molecule has 1 aromatic carbocycles. The minimum absolute atomic E-state index is 0.227. The Balaban J connectivity index is 1.64. The first-order valence-electron chi connectivity index (χ1n) is 10.8. The Bertz CT molecular complexity index is 1070. The summed E-state index contributed by atoms with van der Waals surface area (Å²) in [7, 11) is 0. The van der Waals surface area contributed by atoms with Gasteiger partial charge >= 0.3 is 5.97 Å². The number of pyridine rings is 1. The van der Waals surface area contributed by atoms with Crippen LogP contribution in [0.2, 0.25) is 0 Å². The standard InChI is InChI=1S/C26H26N2O3/c1-2-31-25(29)11-10-23-9-8-21(24(27-23)18-20-6-4-3-5-7-20)12-15-26(30)19-28-16-13-22(26)14-17-28/h3-9,22,30H,2,13-14,16-19H2,1H3. The maximum atomic E-state index is 11.6. The van der Waals surface area contributed by atoms with E-state index in [0.29, 0.717) is 18.7 Å². The minimum Gasteiger partial charge on any atom is -0.456 e. The van der Waals surface area contributed by atoms with E-state index in [2.05, 4.69) is 33.6 Å². The molecule has 1 N–H and O–H groups in total. The van der Waals surface area contributed by atoms with Crippen LogP contribution >= 0.6 is 0 Å². The normalized spacial score (nSPS) is 23.8. The number of carbonyl (C=O) groups is 1. The summed E-state index contributed by atoms with van der Waals surface area (Å²) >= 11 is 0. The highest BCUT2D eigenvalue weighted by Crippen LogP contribution is 2.35. The fourth-order valence-electron chi connectivity index (χ4n) is 4.25. The van der Waals surface area contributed by atoms with Crippen molar-refractivity contribution in [3.63, 3.8) is 0 Å². The zero-order chi connectivity index (χ0) is 21.7. The van der Waals surface area contributed by atoms with Crippen molar-refractivity contribution in [2.24, 2.45) is 5.92 Å². The molecule has 5 nitrogen and oxygen atoms in total. The maximum Gasteiger partial charge on any atom is 0.384 e. The minimum atomic E-state index is -0.969. The Morgan fingerprint density at radius 2 is 1.97 bits per heavy atom. The molecule has 2 bridgehead atoms. The lowest BCUT2D eigenvalue weighted by Crippen LogP contribution is -2.58. The summed E-state index contributed by atoms with van der Waals surface area (Å²) in [5, 5.41) is 11.1. The number of hydrogen-bond acceptors (Lipinski definition) is 5. The van der Waals surface area contributed by atoms with Gasteiger partial charge in [0, 0.05) is 30.4 Å². The van der Waals surface area contributed by atoms with E-state index in [1.807, 2.05) is 36.4 Å². The zero-order valence-corrected chi connectivity index (χ0v) is 17.7. The fourth-order valence-corrected chi connectivity index (χ4v) is 4.25. The lowest BCUT2D eigenvalue weighted by Gasteiger charge is -2.47. The van der Waals surface area contributed by atoms with Gasteiger partial charge in [0.05, 0.1) is 12.3 Å². The second-order valence-corrected chi connectivity index (χ2v) is 8.05. The molecule has 0 aliphatic carbocycles. The fraction of sp³-hybridized carbons (Fsp3) is 0.385. The number of aliphatic hydroxyl groups is 1. The number of fused-ring (bicyclic) bond motifs is 3. The molecule has 4 heterocycles. The maximum absolute atomic E-state index is 11.6. The highest BCUT2D eigenvalue weighted by atomic mass is 16.5. The quantitative estimate of drug-likeness (QED) is 0.617. The SMILES string of the molecule is CCOC(=O)C#Cc1ccc(C#CC2(O)CN3CCC2CC3)c(Cc2ccccc2)n1. The van der Waals surface area contributed by atoms with Crippen LogP contribution < -0.4 is 0 Å². The lowest BCUT2D eigenvalue weighted by atomic mass is 9.75. The first kappa shape index (κ1) is 21.1. The smallest absolute Gasteiger partial charge is 0.384 e. The van der Waals surface area contributed by atoms with Gasteiger partial charge in [0.15, 0.2) is 0 Å². The third-order valence-electron chi connectivity index (χ3n) is 5.90. The summed E-state index contributed by atoms with van der Waals surface area (Å²) < 4.78 is 4.86. The van der Waals surface area contributed by atoms with E-state index >= 15 is 0 Å². The van der Waals surface area contributed by atoms with Crippen LogP contribution in [-0.4, -0.2) is 52.8 Å². The number of aromatic nitrogens is 1. The topological polar surface area (TPSA) is 62.7 Å². The first-order valence-corrected chi connectivity index (χ1v) is 10.8. The third-order valence-corrected chi connectivity index (χ3v) is 5.90. The molecule has 1 unspecified atom stereocenters. The van der Waals surface area contributed by atoms with Crippen LogP contribution in [-0.2, 0) is 16.0 Å². The number of hydrogen-bond donors (Lipinski definition) is 1. The average Bonchev–Trinajstić information content (AvgIpc) is 2.79. The Morgan fingerprint density at radius 1 is 1.19 bits per heavy atom. The predicted octanol–water partition coefficient (Wildman–Crippen LogP) is 2.40. The molecular weight excluding hydrogens is 388 g/mol. The van der Waals surface area contributed by atoms with Crippen molar-refractivity contribution in [2.75, 3.05) is 26.2 Å². The highest BCUT2D eigenvalue weighted by Gasteiger charge is 2.44. The average molecular weight is 415 g/mol. The van der Waals surface area contributed by atoms with Gasteiger partial charge in [0.1, 0.15) is 11.3 Å². The molecule has 3 aliphatic rings. The van der Waals surface area contributed by atoms with Crippen LogP contribution in [0, 0.1) is 29.6 Å². The van der Waals surface area contributed by atoms with Crippen molar-refractivity contribution >= 4 is 5.97 Å². The molecule has 5 rings (SSSR count). The van der Waals surface area contributed by atoms with E-state index in [1.165, 1.54) is 0 Å². The Hall–Kier alpha value is -3.12. The summed E-state index contributed by atoms with van der Waals surface area (Å²) in [5.41, 5.74) is 2.18. The van der Waals surface area contributed by atoms with Crippen molar-refractivity contribution in [3.8, 4) is 23.7 Å². The predicted molar refractivity (Wildman–Crippen MR) is 118 cm³/mol. The number of esters is 1. The van der Waals surface area contributed by atoms with Gasteiger partial charge in [-0.1, -0.05) is 42.2 Å². The number of benzene rings is 1. The van der Waals surface area contributed by atoms with E-state index in [4.69, 9.17) is 4.74 Å². The monoisotopic (exact) mass is 414 g/mol. The summed E-state index contributed by atoms with van der Waals surface area (Å²) in [6.45, 7) is 4.73. The number of ether oxygens (including phenoxy) is 1.